The van der Waals surface area contributed by atoms with E-state index < -0.39 is 11.6 Å². The van der Waals surface area contributed by atoms with Gasteiger partial charge in [-0.05, 0) is 32.1 Å². The molecule has 1 unspecified atom stereocenters. The molecule has 0 aromatic rings. The van der Waals surface area contributed by atoms with Crippen LogP contribution < -0.4 is 0 Å². The highest BCUT2D eigenvalue weighted by Crippen LogP contribution is 2.60. The summed E-state index contributed by atoms with van der Waals surface area (Å²) in [7, 11) is 1.54. The first-order chi connectivity index (χ1) is 6.17. The van der Waals surface area contributed by atoms with Crippen molar-refractivity contribution in [1.82, 2.24) is 0 Å². The topological polar surface area (TPSA) is 46.5 Å². The fourth-order valence-electron chi connectivity index (χ4n) is 3.14. The van der Waals surface area contributed by atoms with Gasteiger partial charge in [0.15, 0.2) is 5.60 Å². The SMILES string of the molecule is COC1(C(=O)O)CCCC12CCC2. The second-order valence-electron chi connectivity index (χ2n) is 4.32. The lowest BCUT2D eigenvalue weighted by Crippen LogP contribution is -2.55. The van der Waals surface area contributed by atoms with E-state index in [1.165, 1.54) is 6.42 Å². The van der Waals surface area contributed by atoms with E-state index in [1.807, 2.05) is 0 Å². The van der Waals surface area contributed by atoms with Gasteiger partial charge < -0.3 is 9.84 Å². The van der Waals surface area contributed by atoms with Crippen LogP contribution in [0.15, 0.2) is 0 Å². The summed E-state index contributed by atoms with van der Waals surface area (Å²) in [5, 5.41) is 9.24. The first-order valence-electron chi connectivity index (χ1n) is 4.95. The largest absolute Gasteiger partial charge is 0.479 e. The van der Waals surface area contributed by atoms with Crippen LogP contribution in [0.3, 0.4) is 0 Å². The normalized spacial score (nSPS) is 36.1. The highest BCUT2D eigenvalue weighted by Gasteiger charge is 2.62. The van der Waals surface area contributed by atoms with E-state index in [0.717, 1.165) is 25.7 Å². The van der Waals surface area contributed by atoms with Crippen LogP contribution in [0.5, 0.6) is 0 Å². The Balaban J connectivity index is 2.32. The molecule has 3 heteroatoms. The Hall–Kier alpha value is -0.570. The second kappa shape index (κ2) is 2.71. The van der Waals surface area contributed by atoms with E-state index in [-0.39, 0.29) is 5.41 Å². The third-order valence-electron chi connectivity index (χ3n) is 4.05. The fourth-order valence-corrected chi connectivity index (χ4v) is 3.14. The van der Waals surface area contributed by atoms with Crippen LogP contribution in [0.1, 0.15) is 38.5 Å². The van der Waals surface area contributed by atoms with Crippen molar-refractivity contribution in [2.45, 2.75) is 44.1 Å². The number of carboxylic acids is 1. The maximum atomic E-state index is 11.2. The highest BCUT2D eigenvalue weighted by atomic mass is 16.5. The average Bonchev–Trinajstić information content (AvgIpc) is 2.42. The maximum absolute atomic E-state index is 11.2. The summed E-state index contributed by atoms with van der Waals surface area (Å²) >= 11 is 0. The fraction of sp³-hybridized carbons (Fsp3) is 0.900. The minimum Gasteiger partial charge on any atom is -0.479 e. The van der Waals surface area contributed by atoms with Crippen molar-refractivity contribution in [3.8, 4) is 0 Å². The van der Waals surface area contributed by atoms with Gasteiger partial charge in [0.25, 0.3) is 0 Å². The lowest BCUT2D eigenvalue weighted by Gasteiger charge is -2.48. The van der Waals surface area contributed by atoms with Gasteiger partial charge in [-0.25, -0.2) is 4.79 Å². The second-order valence-corrected chi connectivity index (χ2v) is 4.32. The molecule has 2 rings (SSSR count). The summed E-state index contributed by atoms with van der Waals surface area (Å²) in [5.74, 6) is -0.757. The maximum Gasteiger partial charge on any atom is 0.336 e. The van der Waals surface area contributed by atoms with E-state index >= 15 is 0 Å². The molecule has 0 saturated heterocycles. The molecule has 0 aromatic heterocycles. The van der Waals surface area contributed by atoms with Crippen LogP contribution >= 0.6 is 0 Å². The van der Waals surface area contributed by atoms with Gasteiger partial charge in [-0.3, -0.25) is 0 Å². The molecule has 3 nitrogen and oxygen atoms in total. The minimum atomic E-state index is -0.856. The predicted octanol–water partition coefficient (Wildman–Crippen LogP) is 1.81. The van der Waals surface area contributed by atoms with Crippen molar-refractivity contribution in [2.75, 3.05) is 7.11 Å². The monoisotopic (exact) mass is 184 g/mol. The van der Waals surface area contributed by atoms with Crippen molar-refractivity contribution >= 4 is 5.97 Å². The van der Waals surface area contributed by atoms with Gasteiger partial charge in [0, 0.05) is 12.5 Å². The molecule has 0 amide bonds. The van der Waals surface area contributed by atoms with Crippen molar-refractivity contribution in [3.05, 3.63) is 0 Å². The van der Waals surface area contributed by atoms with Gasteiger partial charge in [0.2, 0.25) is 0 Å². The zero-order valence-corrected chi connectivity index (χ0v) is 8.01. The molecule has 2 aliphatic rings. The smallest absolute Gasteiger partial charge is 0.336 e. The van der Waals surface area contributed by atoms with E-state index in [9.17, 15) is 9.90 Å². The third kappa shape index (κ3) is 0.909. The number of aliphatic carboxylic acids is 1. The van der Waals surface area contributed by atoms with Crippen LogP contribution in [-0.2, 0) is 9.53 Å². The Labute approximate surface area is 78.1 Å². The van der Waals surface area contributed by atoms with Gasteiger partial charge in [-0.15, -0.1) is 0 Å². The molecule has 0 aliphatic heterocycles. The van der Waals surface area contributed by atoms with Gasteiger partial charge in [0.05, 0.1) is 0 Å². The number of carbonyl (C=O) groups is 1. The molecule has 1 N–H and O–H groups in total. The lowest BCUT2D eigenvalue weighted by molar-refractivity contribution is -0.186. The number of ether oxygens (including phenoxy) is 1. The molecule has 2 fully saturated rings. The number of carboxylic acid groups (broad SMARTS) is 1. The molecule has 74 valence electrons. The van der Waals surface area contributed by atoms with Gasteiger partial charge in [-0.2, -0.15) is 0 Å². The van der Waals surface area contributed by atoms with Crippen LogP contribution in [0.2, 0.25) is 0 Å². The van der Waals surface area contributed by atoms with Gasteiger partial charge in [0.1, 0.15) is 0 Å². The molecule has 0 bridgehead atoms. The predicted molar refractivity (Wildman–Crippen MR) is 47.5 cm³/mol. The summed E-state index contributed by atoms with van der Waals surface area (Å²) in [6, 6.07) is 0. The van der Waals surface area contributed by atoms with Crippen molar-refractivity contribution in [3.63, 3.8) is 0 Å². The quantitative estimate of drug-likeness (QED) is 0.712. The lowest BCUT2D eigenvalue weighted by atomic mass is 9.60. The van der Waals surface area contributed by atoms with Crippen molar-refractivity contribution in [2.24, 2.45) is 5.41 Å². The molecule has 1 spiro atoms. The zero-order valence-electron chi connectivity index (χ0n) is 8.01. The van der Waals surface area contributed by atoms with Crippen molar-refractivity contribution < 1.29 is 14.6 Å². The summed E-state index contributed by atoms with van der Waals surface area (Å²) in [6.07, 6.45) is 5.96. The number of rotatable bonds is 2. The molecular formula is C10H16O3. The van der Waals surface area contributed by atoms with Crippen LogP contribution in [0, 0.1) is 5.41 Å². The van der Waals surface area contributed by atoms with Crippen LogP contribution in [-0.4, -0.2) is 23.8 Å². The summed E-state index contributed by atoms with van der Waals surface area (Å²) in [6.45, 7) is 0. The Morgan fingerprint density at radius 3 is 2.08 bits per heavy atom. The first kappa shape index (κ1) is 9.00. The molecule has 2 saturated carbocycles. The van der Waals surface area contributed by atoms with E-state index in [2.05, 4.69) is 0 Å². The summed E-state index contributed by atoms with van der Waals surface area (Å²) in [4.78, 5) is 11.2. The van der Waals surface area contributed by atoms with E-state index in [0.29, 0.717) is 6.42 Å². The Morgan fingerprint density at radius 1 is 1.23 bits per heavy atom. The Morgan fingerprint density at radius 2 is 1.77 bits per heavy atom. The van der Waals surface area contributed by atoms with Crippen LogP contribution in [0.25, 0.3) is 0 Å². The Bertz CT molecular complexity index is 232. The molecular weight excluding hydrogens is 168 g/mol. The number of hydrogen-bond donors (Lipinski definition) is 1. The molecule has 0 radical (unpaired) electrons. The van der Waals surface area contributed by atoms with Gasteiger partial charge >= 0.3 is 5.97 Å². The molecule has 0 heterocycles. The highest BCUT2D eigenvalue weighted by molar-refractivity contribution is 5.79. The Kier molecular flexibility index (Phi) is 1.88. The molecule has 2 aliphatic carbocycles. The number of hydrogen-bond acceptors (Lipinski definition) is 2. The van der Waals surface area contributed by atoms with E-state index in [1.54, 1.807) is 7.11 Å². The molecule has 0 aromatic carbocycles. The summed E-state index contributed by atoms with van der Waals surface area (Å²) < 4.78 is 5.32. The summed E-state index contributed by atoms with van der Waals surface area (Å²) in [5.41, 5.74) is -0.876. The van der Waals surface area contributed by atoms with Gasteiger partial charge in [-0.1, -0.05) is 6.42 Å². The minimum absolute atomic E-state index is 0.0203. The molecule has 13 heavy (non-hydrogen) atoms. The zero-order chi connectivity index (χ0) is 9.53. The standard InChI is InChI=1S/C10H16O3/c1-13-10(8(11)12)7-3-6-9(10)4-2-5-9/h2-7H2,1H3,(H,11,12). The number of methoxy groups -OCH3 is 1. The average molecular weight is 184 g/mol. The molecule has 1 atom stereocenters. The first-order valence-corrected chi connectivity index (χ1v) is 4.95. The van der Waals surface area contributed by atoms with E-state index in [4.69, 9.17) is 4.74 Å². The van der Waals surface area contributed by atoms with Crippen molar-refractivity contribution in [1.29, 1.82) is 0 Å². The van der Waals surface area contributed by atoms with Crippen LogP contribution in [0.4, 0.5) is 0 Å². The third-order valence-corrected chi connectivity index (χ3v) is 4.05.